The fourth-order valence-corrected chi connectivity index (χ4v) is 6.10. The normalized spacial score (nSPS) is 18.9. The number of nitrogens with zero attached hydrogens (tertiary/aromatic N) is 3. The smallest absolute Gasteiger partial charge is 0.258 e. The van der Waals surface area contributed by atoms with Gasteiger partial charge in [0.05, 0.1) is 5.41 Å². The first-order valence-corrected chi connectivity index (χ1v) is 12.5. The minimum atomic E-state index is -0.598. The zero-order valence-corrected chi connectivity index (χ0v) is 20.4. The van der Waals surface area contributed by atoms with Crippen LogP contribution < -0.4 is 15.5 Å². The van der Waals surface area contributed by atoms with Crippen molar-refractivity contribution in [3.8, 4) is 0 Å². The van der Waals surface area contributed by atoms with Gasteiger partial charge in [-0.1, -0.05) is 24.3 Å². The second kappa shape index (κ2) is 8.00. The van der Waals surface area contributed by atoms with E-state index in [2.05, 4.69) is 45.7 Å². The van der Waals surface area contributed by atoms with Crippen LogP contribution in [0, 0.1) is 6.92 Å². The highest BCUT2D eigenvalue weighted by Crippen LogP contribution is 2.47. The molecule has 0 saturated carbocycles. The molecule has 7 rings (SSSR count). The number of benzene rings is 2. The zero-order chi connectivity index (χ0) is 25.1. The monoisotopic (exact) mass is 487 g/mol. The van der Waals surface area contributed by atoms with Gasteiger partial charge < -0.3 is 15.5 Å². The molecular formula is C30H25N5O2. The third-order valence-corrected chi connectivity index (χ3v) is 7.97. The average molecular weight is 488 g/mol. The Bertz CT molecular complexity index is 1610. The predicted molar refractivity (Wildman–Crippen MR) is 142 cm³/mol. The number of aromatic nitrogens is 2. The second-order valence-corrected chi connectivity index (χ2v) is 10.1. The summed E-state index contributed by atoms with van der Waals surface area (Å²) in [7, 11) is 0. The van der Waals surface area contributed by atoms with Gasteiger partial charge in [0, 0.05) is 41.4 Å². The highest BCUT2D eigenvalue weighted by atomic mass is 16.2. The predicted octanol–water partition coefficient (Wildman–Crippen LogP) is 4.72. The van der Waals surface area contributed by atoms with E-state index in [1.165, 1.54) is 11.1 Å². The number of aryl methyl sites for hydroxylation is 1. The van der Waals surface area contributed by atoms with Gasteiger partial charge >= 0.3 is 0 Å². The third-order valence-electron chi connectivity index (χ3n) is 7.97. The number of pyridine rings is 2. The summed E-state index contributed by atoms with van der Waals surface area (Å²) in [5, 5.41) is 6.32. The van der Waals surface area contributed by atoms with E-state index in [1.54, 1.807) is 24.5 Å². The number of rotatable bonds is 3. The Labute approximate surface area is 214 Å². The summed E-state index contributed by atoms with van der Waals surface area (Å²) >= 11 is 0. The molecule has 0 saturated heterocycles. The largest absolute Gasteiger partial charge is 0.340 e. The molecule has 37 heavy (non-hydrogen) atoms. The van der Waals surface area contributed by atoms with E-state index in [0.717, 1.165) is 34.5 Å². The number of carbonyl (C=O) groups excluding carboxylic acids is 2. The summed E-state index contributed by atoms with van der Waals surface area (Å²) in [6, 6.07) is 19.7. The summed E-state index contributed by atoms with van der Waals surface area (Å²) in [6.45, 7) is 2.78. The maximum atomic E-state index is 13.4. The molecule has 2 aliphatic heterocycles. The molecule has 4 aromatic rings. The number of anilines is 4. The number of hydrogen-bond donors (Lipinski definition) is 2. The van der Waals surface area contributed by atoms with Crippen molar-refractivity contribution in [3.63, 3.8) is 0 Å². The molecule has 2 amide bonds. The molecule has 1 aliphatic carbocycles. The van der Waals surface area contributed by atoms with E-state index in [1.807, 2.05) is 35.2 Å². The zero-order valence-electron chi connectivity index (χ0n) is 20.4. The molecule has 0 bridgehead atoms. The Hall–Kier alpha value is -4.52. The summed E-state index contributed by atoms with van der Waals surface area (Å²) in [5.74, 6) is 1.26. The van der Waals surface area contributed by atoms with Crippen molar-refractivity contribution in [2.75, 3.05) is 22.1 Å². The Morgan fingerprint density at radius 1 is 1.00 bits per heavy atom. The van der Waals surface area contributed by atoms with E-state index in [4.69, 9.17) is 0 Å². The highest BCUT2D eigenvalue weighted by molar-refractivity contribution is 6.08. The standard InChI is InChI=1S/C30H25N5O2/c1-18-4-2-6-25-23(18)10-13-35(25)28(36)19-9-12-31-26(15-19)33-22-8-7-20-16-30(17-21(20)14-22)24-5-3-11-32-27(24)34-29(30)37/h2-9,11-12,14-15H,10,13,16-17H2,1H3,(H,31,33)(H,32,34,37). The molecule has 3 aliphatic rings. The molecule has 4 heterocycles. The van der Waals surface area contributed by atoms with Crippen molar-refractivity contribution < 1.29 is 9.59 Å². The maximum absolute atomic E-state index is 13.4. The Kier molecular flexibility index (Phi) is 4.70. The first kappa shape index (κ1) is 21.7. The number of hydrogen-bond acceptors (Lipinski definition) is 5. The highest BCUT2D eigenvalue weighted by Gasteiger charge is 2.51. The molecule has 2 aromatic heterocycles. The van der Waals surface area contributed by atoms with Gasteiger partial charge in [-0.3, -0.25) is 9.59 Å². The van der Waals surface area contributed by atoms with Crippen molar-refractivity contribution in [1.82, 2.24) is 9.97 Å². The van der Waals surface area contributed by atoms with Crippen LogP contribution in [0.25, 0.3) is 0 Å². The van der Waals surface area contributed by atoms with Gasteiger partial charge in [0.2, 0.25) is 5.91 Å². The van der Waals surface area contributed by atoms with Crippen LogP contribution in [0.15, 0.2) is 73.1 Å². The summed E-state index contributed by atoms with van der Waals surface area (Å²) in [4.78, 5) is 37.0. The topological polar surface area (TPSA) is 87.2 Å². The quantitative estimate of drug-likeness (QED) is 0.437. The van der Waals surface area contributed by atoms with Crippen molar-refractivity contribution in [3.05, 3.63) is 106 Å². The third kappa shape index (κ3) is 3.34. The summed E-state index contributed by atoms with van der Waals surface area (Å²) < 4.78 is 0. The van der Waals surface area contributed by atoms with Crippen LogP contribution in [0.3, 0.4) is 0 Å². The molecule has 0 radical (unpaired) electrons. The molecule has 7 heteroatoms. The summed E-state index contributed by atoms with van der Waals surface area (Å²) in [5.41, 5.74) is 7.60. The fourth-order valence-electron chi connectivity index (χ4n) is 6.10. The van der Waals surface area contributed by atoms with Crippen molar-refractivity contribution in [2.24, 2.45) is 0 Å². The fraction of sp³-hybridized carbons (Fsp3) is 0.200. The summed E-state index contributed by atoms with van der Waals surface area (Å²) in [6.07, 6.45) is 5.53. The molecule has 7 nitrogen and oxygen atoms in total. The van der Waals surface area contributed by atoms with Gasteiger partial charge in [-0.2, -0.15) is 0 Å². The Balaban J connectivity index is 1.13. The lowest BCUT2D eigenvalue weighted by Gasteiger charge is -2.20. The lowest BCUT2D eigenvalue weighted by molar-refractivity contribution is -0.120. The van der Waals surface area contributed by atoms with Crippen LogP contribution in [0.5, 0.6) is 0 Å². The second-order valence-electron chi connectivity index (χ2n) is 10.1. The van der Waals surface area contributed by atoms with Crippen LogP contribution in [0.2, 0.25) is 0 Å². The number of amides is 2. The van der Waals surface area contributed by atoms with E-state index < -0.39 is 5.41 Å². The van der Waals surface area contributed by atoms with Crippen molar-refractivity contribution in [1.29, 1.82) is 0 Å². The van der Waals surface area contributed by atoms with E-state index >= 15 is 0 Å². The first-order valence-electron chi connectivity index (χ1n) is 12.5. The van der Waals surface area contributed by atoms with Crippen LogP contribution in [-0.4, -0.2) is 28.3 Å². The molecule has 0 fully saturated rings. The maximum Gasteiger partial charge on any atom is 0.258 e. The molecule has 182 valence electrons. The molecule has 1 atom stereocenters. The van der Waals surface area contributed by atoms with E-state index in [0.29, 0.717) is 36.6 Å². The average Bonchev–Trinajstić information content (AvgIpc) is 3.58. The van der Waals surface area contributed by atoms with Gasteiger partial charge in [0.25, 0.3) is 5.91 Å². The van der Waals surface area contributed by atoms with Gasteiger partial charge in [0.1, 0.15) is 11.6 Å². The van der Waals surface area contributed by atoms with Crippen LogP contribution in [0.4, 0.5) is 23.0 Å². The SMILES string of the molecule is Cc1cccc2c1CCN2C(=O)c1ccnc(Nc2ccc3c(c2)CC2(C3)C(=O)Nc3ncccc32)c1. The Morgan fingerprint density at radius 3 is 2.81 bits per heavy atom. The van der Waals surface area contributed by atoms with Gasteiger partial charge in [-0.25, -0.2) is 9.97 Å². The van der Waals surface area contributed by atoms with Crippen molar-refractivity contribution in [2.45, 2.75) is 31.6 Å². The number of fused-ring (bicyclic) bond motifs is 4. The van der Waals surface area contributed by atoms with Gasteiger partial charge in [0.15, 0.2) is 0 Å². The van der Waals surface area contributed by atoms with Crippen molar-refractivity contribution >= 4 is 34.8 Å². The number of carbonyl (C=O) groups is 2. The molecule has 1 unspecified atom stereocenters. The minimum Gasteiger partial charge on any atom is -0.340 e. The number of nitrogens with one attached hydrogen (secondary N) is 2. The van der Waals surface area contributed by atoms with Gasteiger partial charge in [-0.05, 0) is 84.8 Å². The van der Waals surface area contributed by atoms with E-state index in [9.17, 15) is 9.59 Å². The molecular weight excluding hydrogens is 462 g/mol. The molecule has 2 aromatic carbocycles. The molecule has 2 N–H and O–H groups in total. The lowest BCUT2D eigenvalue weighted by Crippen LogP contribution is -2.35. The lowest BCUT2D eigenvalue weighted by atomic mass is 9.79. The van der Waals surface area contributed by atoms with Crippen LogP contribution in [-0.2, 0) is 29.5 Å². The molecule has 1 spiro atoms. The van der Waals surface area contributed by atoms with E-state index in [-0.39, 0.29) is 11.8 Å². The minimum absolute atomic E-state index is 0.0125. The van der Waals surface area contributed by atoms with Gasteiger partial charge in [-0.15, -0.1) is 0 Å². The first-order chi connectivity index (χ1) is 18.0. The van der Waals surface area contributed by atoms with Crippen LogP contribution in [0.1, 0.15) is 38.2 Å². The Morgan fingerprint density at radius 2 is 1.89 bits per heavy atom. The van der Waals surface area contributed by atoms with Crippen LogP contribution >= 0.6 is 0 Å².